The van der Waals surface area contributed by atoms with Gasteiger partial charge in [0.15, 0.2) is 0 Å². The summed E-state index contributed by atoms with van der Waals surface area (Å²) >= 11 is 5.80. The SMILES string of the molecule is O=C(O)CN(c1ccc(Cl)cc1)S(=O)(=O)C1CCCCC1. The van der Waals surface area contributed by atoms with Crippen LogP contribution in [0.15, 0.2) is 24.3 Å². The van der Waals surface area contributed by atoms with Crippen LogP contribution in [-0.4, -0.2) is 31.3 Å². The van der Waals surface area contributed by atoms with E-state index in [-0.39, 0.29) is 0 Å². The Bertz CT molecular complexity index is 594. The second kappa shape index (κ2) is 6.66. The maximum atomic E-state index is 12.7. The minimum Gasteiger partial charge on any atom is -0.480 e. The van der Waals surface area contributed by atoms with Crippen molar-refractivity contribution < 1.29 is 18.3 Å². The Hall–Kier alpha value is -1.27. The molecule has 1 fully saturated rings. The molecule has 0 atom stereocenters. The molecule has 1 aliphatic rings. The van der Waals surface area contributed by atoms with Gasteiger partial charge in [-0.05, 0) is 37.1 Å². The lowest BCUT2D eigenvalue weighted by Gasteiger charge is -2.30. The van der Waals surface area contributed by atoms with Gasteiger partial charge in [0.05, 0.1) is 10.9 Å². The van der Waals surface area contributed by atoms with Crippen LogP contribution >= 0.6 is 11.6 Å². The molecule has 0 spiro atoms. The first-order valence-electron chi connectivity index (χ1n) is 6.90. The molecule has 1 aliphatic carbocycles. The molecule has 0 heterocycles. The summed E-state index contributed by atoms with van der Waals surface area (Å²) in [7, 11) is -3.68. The van der Waals surface area contributed by atoms with Gasteiger partial charge >= 0.3 is 5.97 Å². The molecule has 2 rings (SSSR count). The number of benzene rings is 1. The first kappa shape index (κ1) is 16.1. The van der Waals surface area contributed by atoms with Gasteiger partial charge in [-0.3, -0.25) is 9.10 Å². The van der Waals surface area contributed by atoms with Gasteiger partial charge in [-0.15, -0.1) is 0 Å². The fourth-order valence-corrected chi connectivity index (χ4v) is 4.72. The van der Waals surface area contributed by atoms with Gasteiger partial charge in [-0.2, -0.15) is 0 Å². The quantitative estimate of drug-likeness (QED) is 0.900. The minimum absolute atomic E-state index is 0.340. The summed E-state index contributed by atoms with van der Waals surface area (Å²) < 4.78 is 26.5. The molecular formula is C14H18ClNO4S. The molecule has 0 bridgehead atoms. The van der Waals surface area contributed by atoms with E-state index in [0.717, 1.165) is 23.6 Å². The predicted octanol–water partition coefficient (Wildman–Crippen LogP) is 2.89. The summed E-state index contributed by atoms with van der Waals surface area (Å²) in [5.74, 6) is -1.18. The summed E-state index contributed by atoms with van der Waals surface area (Å²) in [5, 5.41) is 9.01. The average molecular weight is 332 g/mol. The van der Waals surface area contributed by atoms with Crippen molar-refractivity contribution in [3.8, 4) is 0 Å². The molecule has 7 heteroatoms. The minimum atomic E-state index is -3.68. The Morgan fingerprint density at radius 1 is 1.19 bits per heavy atom. The Labute approximate surface area is 129 Å². The van der Waals surface area contributed by atoms with E-state index in [1.54, 1.807) is 12.1 Å². The second-order valence-corrected chi connectivity index (χ2v) is 7.76. The van der Waals surface area contributed by atoms with Crippen LogP contribution in [0.2, 0.25) is 5.02 Å². The van der Waals surface area contributed by atoms with E-state index in [1.807, 2.05) is 0 Å². The van der Waals surface area contributed by atoms with E-state index in [0.29, 0.717) is 23.6 Å². The number of carboxylic acids is 1. The summed E-state index contributed by atoms with van der Waals surface area (Å²) in [6, 6.07) is 6.18. The van der Waals surface area contributed by atoms with E-state index >= 15 is 0 Å². The van der Waals surface area contributed by atoms with Crippen LogP contribution in [0.3, 0.4) is 0 Å². The van der Waals surface area contributed by atoms with Gasteiger partial charge in [0.2, 0.25) is 10.0 Å². The Morgan fingerprint density at radius 2 is 1.76 bits per heavy atom. The molecule has 0 aliphatic heterocycles. The zero-order chi connectivity index (χ0) is 15.5. The van der Waals surface area contributed by atoms with Crippen LogP contribution in [0, 0.1) is 0 Å². The highest BCUT2D eigenvalue weighted by Crippen LogP contribution is 2.29. The van der Waals surface area contributed by atoms with Crippen molar-refractivity contribution in [2.24, 2.45) is 0 Å². The van der Waals surface area contributed by atoms with Crippen LogP contribution in [0.1, 0.15) is 32.1 Å². The third-order valence-electron chi connectivity index (χ3n) is 3.67. The van der Waals surface area contributed by atoms with E-state index in [4.69, 9.17) is 16.7 Å². The topological polar surface area (TPSA) is 74.7 Å². The largest absolute Gasteiger partial charge is 0.480 e. The lowest BCUT2D eigenvalue weighted by molar-refractivity contribution is -0.135. The first-order chi connectivity index (χ1) is 9.91. The molecule has 21 heavy (non-hydrogen) atoms. The third-order valence-corrected chi connectivity index (χ3v) is 6.19. The van der Waals surface area contributed by atoms with E-state index in [2.05, 4.69) is 0 Å². The third kappa shape index (κ3) is 3.89. The molecule has 1 aromatic rings. The van der Waals surface area contributed by atoms with Gasteiger partial charge in [-0.1, -0.05) is 30.9 Å². The molecule has 0 radical (unpaired) electrons. The lowest BCUT2D eigenvalue weighted by atomic mass is 10.0. The van der Waals surface area contributed by atoms with Crippen molar-refractivity contribution >= 4 is 33.3 Å². The summed E-state index contributed by atoms with van der Waals surface area (Å²) in [5.41, 5.74) is 0.340. The normalized spacial score (nSPS) is 16.6. The number of carbonyl (C=O) groups is 1. The molecule has 0 saturated heterocycles. The summed E-state index contributed by atoms with van der Waals surface area (Å²) in [6.07, 6.45) is 3.95. The summed E-state index contributed by atoms with van der Waals surface area (Å²) in [6.45, 7) is -0.569. The molecular weight excluding hydrogens is 314 g/mol. The smallest absolute Gasteiger partial charge is 0.324 e. The monoisotopic (exact) mass is 331 g/mol. The van der Waals surface area contributed by atoms with Crippen LogP contribution in [0.5, 0.6) is 0 Å². The van der Waals surface area contributed by atoms with Gasteiger partial charge in [-0.25, -0.2) is 8.42 Å². The highest BCUT2D eigenvalue weighted by molar-refractivity contribution is 7.93. The Morgan fingerprint density at radius 3 is 2.29 bits per heavy atom. The zero-order valence-electron chi connectivity index (χ0n) is 11.5. The molecule has 1 aromatic carbocycles. The van der Waals surface area contributed by atoms with Crippen molar-refractivity contribution in [3.63, 3.8) is 0 Å². The number of hydrogen-bond donors (Lipinski definition) is 1. The summed E-state index contributed by atoms with van der Waals surface area (Å²) in [4.78, 5) is 11.0. The van der Waals surface area contributed by atoms with Crippen molar-refractivity contribution in [1.29, 1.82) is 0 Å². The number of nitrogens with zero attached hydrogens (tertiary/aromatic N) is 1. The van der Waals surface area contributed by atoms with Crippen LogP contribution in [0.25, 0.3) is 0 Å². The van der Waals surface area contributed by atoms with Gasteiger partial charge in [0, 0.05) is 5.02 Å². The molecule has 116 valence electrons. The first-order valence-corrected chi connectivity index (χ1v) is 8.78. The average Bonchev–Trinajstić information content (AvgIpc) is 2.46. The number of carboxylic acid groups (broad SMARTS) is 1. The van der Waals surface area contributed by atoms with Crippen molar-refractivity contribution in [1.82, 2.24) is 0 Å². The number of sulfonamides is 1. The van der Waals surface area contributed by atoms with E-state index in [1.165, 1.54) is 12.1 Å². The number of aliphatic carboxylic acids is 1. The maximum absolute atomic E-state index is 12.7. The van der Waals surface area contributed by atoms with Crippen molar-refractivity contribution in [3.05, 3.63) is 29.3 Å². The predicted molar refractivity (Wildman–Crippen MR) is 82.2 cm³/mol. The fourth-order valence-electron chi connectivity index (χ4n) is 2.60. The van der Waals surface area contributed by atoms with Crippen LogP contribution < -0.4 is 4.31 Å². The molecule has 0 unspecified atom stereocenters. The fraction of sp³-hybridized carbons (Fsp3) is 0.500. The number of rotatable bonds is 5. The Balaban J connectivity index is 2.34. The Kier molecular flexibility index (Phi) is 5.11. The molecule has 1 saturated carbocycles. The van der Waals surface area contributed by atoms with Gasteiger partial charge in [0.1, 0.15) is 6.54 Å². The lowest BCUT2D eigenvalue weighted by Crippen LogP contribution is -2.42. The van der Waals surface area contributed by atoms with Crippen molar-refractivity contribution in [2.75, 3.05) is 10.8 Å². The number of hydrogen-bond acceptors (Lipinski definition) is 3. The standard InChI is InChI=1S/C14H18ClNO4S/c15-11-6-8-12(9-7-11)16(10-14(17)18)21(19,20)13-4-2-1-3-5-13/h6-9,13H,1-5,10H2,(H,17,18). The van der Waals surface area contributed by atoms with E-state index < -0.39 is 27.8 Å². The van der Waals surface area contributed by atoms with Gasteiger partial charge in [0.25, 0.3) is 0 Å². The molecule has 0 aromatic heterocycles. The van der Waals surface area contributed by atoms with Crippen LogP contribution in [0.4, 0.5) is 5.69 Å². The maximum Gasteiger partial charge on any atom is 0.324 e. The molecule has 5 nitrogen and oxygen atoms in total. The molecule has 0 amide bonds. The van der Waals surface area contributed by atoms with E-state index in [9.17, 15) is 13.2 Å². The highest BCUT2D eigenvalue weighted by Gasteiger charge is 2.34. The highest BCUT2D eigenvalue weighted by atomic mass is 35.5. The van der Waals surface area contributed by atoms with Crippen LogP contribution in [-0.2, 0) is 14.8 Å². The second-order valence-electron chi connectivity index (χ2n) is 5.18. The van der Waals surface area contributed by atoms with Crippen molar-refractivity contribution in [2.45, 2.75) is 37.4 Å². The number of halogens is 1. The number of anilines is 1. The zero-order valence-corrected chi connectivity index (χ0v) is 13.1. The van der Waals surface area contributed by atoms with Gasteiger partial charge < -0.3 is 5.11 Å². The molecule has 1 N–H and O–H groups in total.